The van der Waals surface area contributed by atoms with Crippen LogP contribution in [0.4, 0.5) is 0 Å². The molecule has 12 heteroatoms. The molecule has 0 aromatic heterocycles. The number of nitrogens with two attached hydrogens (primary N) is 1. The maximum absolute atomic E-state index is 12.6. The quantitative estimate of drug-likeness (QED) is 0.0235. The van der Waals surface area contributed by atoms with E-state index in [1.807, 2.05) is 6.08 Å². The van der Waals surface area contributed by atoms with Crippen molar-refractivity contribution in [1.29, 1.82) is 0 Å². The Kier molecular flexibility index (Phi) is 36.6. The first kappa shape index (κ1) is 52.9. The molecule has 0 rings (SSSR count). The largest absolute Gasteiger partial charge is 0.480 e. The summed E-state index contributed by atoms with van der Waals surface area (Å²) in [5, 5.41) is 8.88. The maximum Gasteiger partial charge on any atom is 0.472 e. The molecule has 4 N–H and O–H groups in total. The number of hydrogen-bond acceptors (Lipinski definition) is 9. The van der Waals surface area contributed by atoms with Gasteiger partial charge in [-0.25, -0.2) is 4.57 Å². The van der Waals surface area contributed by atoms with Gasteiger partial charge in [0.2, 0.25) is 0 Å². The molecular weight excluding hydrogens is 733 g/mol. The van der Waals surface area contributed by atoms with Crippen LogP contribution in [0.5, 0.6) is 0 Å². The van der Waals surface area contributed by atoms with E-state index in [2.05, 4.69) is 85.2 Å². The fourth-order valence-corrected chi connectivity index (χ4v) is 5.93. The van der Waals surface area contributed by atoms with E-state index in [0.29, 0.717) is 19.3 Å². The SMILES string of the molecule is CC/C=C/C/C=C/C/C=C/CCCCCCCC(=O)O[C@H](COC(=O)CCC/C=C/C/C=C/C/C=C/CCCCCCCC)COP(=O)(O)OC[C@H](N)C(=O)O. The van der Waals surface area contributed by atoms with Crippen molar-refractivity contribution in [2.24, 2.45) is 5.73 Å². The highest BCUT2D eigenvalue weighted by molar-refractivity contribution is 7.47. The molecule has 0 saturated carbocycles. The Morgan fingerprint density at radius 2 is 1.02 bits per heavy atom. The van der Waals surface area contributed by atoms with E-state index < -0.39 is 51.1 Å². The average Bonchev–Trinajstić information content (AvgIpc) is 3.17. The number of allylic oxidation sites excluding steroid dienone is 12. The lowest BCUT2D eigenvalue weighted by Crippen LogP contribution is -2.34. The smallest absolute Gasteiger partial charge is 0.472 e. The van der Waals surface area contributed by atoms with Crippen LogP contribution in [-0.4, -0.2) is 59.9 Å². The van der Waals surface area contributed by atoms with Crippen LogP contribution in [0.1, 0.15) is 155 Å². The Morgan fingerprint density at radius 1 is 0.571 bits per heavy atom. The fraction of sp³-hybridized carbons (Fsp3) is 0.659. The second-order valence-corrected chi connectivity index (χ2v) is 15.2. The van der Waals surface area contributed by atoms with Crippen LogP contribution in [0.3, 0.4) is 0 Å². The summed E-state index contributed by atoms with van der Waals surface area (Å²) in [6, 6.07) is -1.53. The summed E-state index contributed by atoms with van der Waals surface area (Å²) in [6.07, 6.45) is 45.5. The molecule has 0 bridgehead atoms. The van der Waals surface area contributed by atoms with Gasteiger partial charge in [0.15, 0.2) is 6.10 Å². The zero-order chi connectivity index (χ0) is 41.4. The minimum absolute atomic E-state index is 0.127. The monoisotopic (exact) mass is 808 g/mol. The fourth-order valence-electron chi connectivity index (χ4n) is 5.15. The van der Waals surface area contributed by atoms with Crippen molar-refractivity contribution in [3.63, 3.8) is 0 Å². The van der Waals surface area contributed by atoms with E-state index in [9.17, 15) is 23.8 Å². The summed E-state index contributed by atoms with van der Waals surface area (Å²) in [5.74, 6) is -2.48. The van der Waals surface area contributed by atoms with Gasteiger partial charge < -0.3 is 25.2 Å². The highest BCUT2D eigenvalue weighted by Gasteiger charge is 2.28. The van der Waals surface area contributed by atoms with Crippen LogP contribution in [0.2, 0.25) is 0 Å². The predicted octanol–water partition coefficient (Wildman–Crippen LogP) is 10.9. The molecule has 11 nitrogen and oxygen atoms in total. The number of esters is 2. The van der Waals surface area contributed by atoms with E-state index in [4.69, 9.17) is 24.8 Å². The first-order valence-corrected chi connectivity index (χ1v) is 22.5. The molecule has 3 atom stereocenters. The maximum atomic E-state index is 12.6. The van der Waals surface area contributed by atoms with Crippen molar-refractivity contribution < 1.29 is 47.5 Å². The molecule has 0 aromatic rings. The zero-order valence-electron chi connectivity index (χ0n) is 34.4. The van der Waals surface area contributed by atoms with Crippen LogP contribution in [0, 0.1) is 0 Å². The highest BCUT2D eigenvalue weighted by atomic mass is 31.2. The third-order valence-corrected chi connectivity index (χ3v) is 9.39. The minimum Gasteiger partial charge on any atom is -0.480 e. The van der Waals surface area contributed by atoms with Crippen molar-refractivity contribution in [3.05, 3.63) is 72.9 Å². The van der Waals surface area contributed by atoms with Gasteiger partial charge >= 0.3 is 25.7 Å². The predicted molar refractivity (Wildman–Crippen MR) is 226 cm³/mol. The number of phosphoric acid groups is 1. The minimum atomic E-state index is -4.73. The van der Waals surface area contributed by atoms with Gasteiger partial charge in [0.1, 0.15) is 12.6 Å². The number of phosphoric ester groups is 1. The third kappa shape index (κ3) is 37.8. The average molecular weight is 808 g/mol. The van der Waals surface area contributed by atoms with E-state index in [-0.39, 0.29) is 19.4 Å². The number of aliphatic carboxylic acids is 1. The Bertz CT molecular complexity index is 1230. The number of carboxylic acid groups (broad SMARTS) is 1. The molecule has 0 aliphatic rings. The number of hydrogen-bond donors (Lipinski definition) is 3. The van der Waals surface area contributed by atoms with Gasteiger partial charge in [-0.3, -0.25) is 23.4 Å². The first-order valence-electron chi connectivity index (χ1n) is 21.0. The van der Waals surface area contributed by atoms with Gasteiger partial charge in [-0.15, -0.1) is 0 Å². The van der Waals surface area contributed by atoms with Gasteiger partial charge in [-0.2, -0.15) is 0 Å². The molecule has 1 unspecified atom stereocenters. The second kappa shape index (κ2) is 38.8. The molecule has 0 spiro atoms. The second-order valence-electron chi connectivity index (χ2n) is 13.7. The van der Waals surface area contributed by atoms with Crippen molar-refractivity contribution in [2.75, 3.05) is 19.8 Å². The van der Waals surface area contributed by atoms with Gasteiger partial charge in [-0.05, 0) is 77.0 Å². The topological polar surface area (TPSA) is 172 Å². The third-order valence-electron chi connectivity index (χ3n) is 8.44. The Balaban J connectivity index is 4.51. The molecule has 0 amide bonds. The molecule has 320 valence electrons. The van der Waals surface area contributed by atoms with Crippen LogP contribution >= 0.6 is 7.82 Å². The van der Waals surface area contributed by atoms with E-state index in [0.717, 1.165) is 70.6 Å². The summed E-state index contributed by atoms with van der Waals surface area (Å²) < 4.78 is 32.6. The number of unbranched alkanes of at least 4 members (excludes halogenated alkanes) is 12. The Labute approximate surface area is 338 Å². The number of carbonyl (C=O) groups excluding carboxylic acids is 2. The molecule has 0 aliphatic carbocycles. The zero-order valence-corrected chi connectivity index (χ0v) is 35.3. The lowest BCUT2D eigenvalue weighted by molar-refractivity contribution is -0.161. The van der Waals surface area contributed by atoms with E-state index in [1.54, 1.807) is 0 Å². The molecule has 0 radical (unpaired) electrons. The summed E-state index contributed by atoms with van der Waals surface area (Å²) in [6.45, 7) is 2.59. The Hall–Kier alpha value is -3.08. The normalized spacial score (nSPS) is 14.5. The first-order chi connectivity index (χ1) is 27.1. The Morgan fingerprint density at radius 3 is 1.55 bits per heavy atom. The molecule has 0 aliphatic heterocycles. The standard InChI is InChI=1S/C44H74NO10P/c1-3-5-7-9-11-13-15-17-19-20-22-23-25-27-29-31-33-35-42(46)52-37-40(38-53-56(50,51)54-39-41(45)44(48)49)55-43(47)36-34-32-30-28-26-24-21-18-16-14-12-10-8-6-4-2/h6,8,12,14,17-19,21-23,27,29,40-41H,3-5,7,9-11,13,15-16,20,24-26,28,30-39,45H2,1-2H3,(H,48,49)(H,50,51)/b8-6+,14-12+,19-17+,21-18+,23-22+,29-27+/t40-,41+/m1/s1. The van der Waals surface area contributed by atoms with Crippen molar-refractivity contribution in [3.8, 4) is 0 Å². The van der Waals surface area contributed by atoms with Crippen LogP contribution in [0.25, 0.3) is 0 Å². The van der Waals surface area contributed by atoms with Gasteiger partial charge in [0.05, 0.1) is 13.2 Å². The molecule has 0 heterocycles. The van der Waals surface area contributed by atoms with E-state index >= 15 is 0 Å². The molecule has 0 aromatic carbocycles. The van der Waals surface area contributed by atoms with Gasteiger partial charge in [0.25, 0.3) is 0 Å². The summed E-state index contributed by atoms with van der Waals surface area (Å²) >= 11 is 0. The number of carbonyl (C=O) groups is 3. The van der Waals surface area contributed by atoms with Crippen LogP contribution < -0.4 is 5.73 Å². The summed E-state index contributed by atoms with van der Waals surface area (Å²) in [4.78, 5) is 45.9. The molecular formula is C44H74NO10P. The number of carboxylic acids is 1. The van der Waals surface area contributed by atoms with Crippen molar-refractivity contribution in [1.82, 2.24) is 0 Å². The van der Waals surface area contributed by atoms with Crippen molar-refractivity contribution in [2.45, 2.75) is 167 Å². The molecule has 0 fully saturated rings. The lowest BCUT2D eigenvalue weighted by atomic mass is 10.1. The highest BCUT2D eigenvalue weighted by Crippen LogP contribution is 2.43. The number of ether oxygens (including phenoxy) is 2. The number of rotatable bonds is 38. The summed E-state index contributed by atoms with van der Waals surface area (Å²) in [5.41, 5.74) is 5.32. The van der Waals surface area contributed by atoms with Gasteiger partial charge in [0, 0.05) is 12.8 Å². The lowest BCUT2D eigenvalue weighted by Gasteiger charge is -2.20. The van der Waals surface area contributed by atoms with Crippen LogP contribution in [-0.2, 0) is 37.5 Å². The van der Waals surface area contributed by atoms with Gasteiger partial charge in [-0.1, -0.05) is 138 Å². The summed E-state index contributed by atoms with van der Waals surface area (Å²) in [7, 11) is -4.73. The van der Waals surface area contributed by atoms with Crippen molar-refractivity contribution >= 4 is 25.7 Å². The molecule has 56 heavy (non-hydrogen) atoms. The van der Waals surface area contributed by atoms with Crippen LogP contribution in [0.15, 0.2) is 72.9 Å². The molecule has 0 saturated heterocycles. The van der Waals surface area contributed by atoms with E-state index in [1.165, 1.54) is 38.5 Å².